The monoisotopic (exact) mass is 313 g/mol. The molecule has 0 atom stereocenters. The van der Waals surface area contributed by atoms with E-state index in [-0.39, 0.29) is 16.1 Å². The van der Waals surface area contributed by atoms with Crippen LogP contribution < -0.4 is 5.32 Å². The van der Waals surface area contributed by atoms with Gasteiger partial charge in [0.25, 0.3) is 5.69 Å². The van der Waals surface area contributed by atoms with E-state index in [1.165, 1.54) is 18.5 Å². The van der Waals surface area contributed by atoms with Gasteiger partial charge in [0.2, 0.25) is 5.28 Å². The maximum absolute atomic E-state index is 10.7. The van der Waals surface area contributed by atoms with E-state index in [2.05, 4.69) is 20.3 Å². The number of aromatic nitrogens is 3. The quantitative estimate of drug-likeness (QED) is 0.403. The van der Waals surface area contributed by atoms with Crippen LogP contribution in [0.5, 0.6) is 0 Å². The zero-order chi connectivity index (χ0) is 14.7. The van der Waals surface area contributed by atoms with Crippen molar-refractivity contribution in [1.82, 2.24) is 15.0 Å². The number of rotatable bonds is 4. The molecule has 104 valence electrons. The van der Waals surface area contributed by atoms with Crippen LogP contribution >= 0.6 is 23.2 Å². The van der Waals surface area contributed by atoms with Crippen LogP contribution in [0.3, 0.4) is 0 Å². The molecule has 7 nitrogen and oxygen atoms in total. The van der Waals surface area contributed by atoms with Gasteiger partial charge >= 0.3 is 0 Å². The average molecular weight is 314 g/mol. The van der Waals surface area contributed by atoms with Gasteiger partial charge in [-0.2, -0.15) is 0 Å². The number of nitrogens with zero attached hydrogens (tertiary/aromatic N) is 4. The number of hydrogen-bond acceptors (Lipinski definition) is 6. The fraction of sp³-hybridized carbons (Fsp3) is 0.182. The minimum Gasteiger partial charge on any atom is -0.379 e. The van der Waals surface area contributed by atoms with E-state index in [0.29, 0.717) is 23.5 Å². The first-order valence-electron chi connectivity index (χ1n) is 5.49. The Labute approximate surface area is 124 Å². The number of pyridine rings is 1. The molecule has 0 fully saturated rings. The fourth-order valence-corrected chi connectivity index (χ4v) is 1.85. The lowest BCUT2D eigenvalue weighted by Crippen LogP contribution is -2.05. The smallest absolute Gasteiger partial charge is 0.289 e. The van der Waals surface area contributed by atoms with E-state index in [9.17, 15) is 10.1 Å². The highest BCUT2D eigenvalue weighted by Crippen LogP contribution is 2.21. The van der Waals surface area contributed by atoms with Crippen molar-refractivity contribution >= 4 is 34.6 Å². The molecule has 9 heteroatoms. The lowest BCUT2D eigenvalue weighted by atomic mass is 10.2. The van der Waals surface area contributed by atoms with Crippen molar-refractivity contribution in [3.8, 4) is 0 Å². The van der Waals surface area contributed by atoms with Gasteiger partial charge in [0.05, 0.1) is 16.3 Å². The summed E-state index contributed by atoms with van der Waals surface area (Å²) in [6.45, 7) is 2.05. The van der Waals surface area contributed by atoms with Crippen molar-refractivity contribution < 1.29 is 4.92 Å². The molecule has 2 aromatic heterocycles. The zero-order valence-corrected chi connectivity index (χ0v) is 11.8. The SMILES string of the molecule is Cc1ncc([N+](=O)[O-])cc1NCc1cnc(Cl)nc1Cl. The molecule has 0 saturated heterocycles. The fourth-order valence-electron chi connectivity index (χ4n) is 1.48. The van der Waals surface area contributed by atoms with Crippen LogP contribution in [0.15, 0.2) is 18.5 Å². The Bertz CT molecular complexity index is 665. The third-order valence-electron chi connectivity index (χ3n) is 2.53. The Morgan fingerprint density at radius 1 is 1.35 bits per heavy atom. The Kier molecular flexibility index (Phi) is 4.31. The van der Waals surface area contributed by atoms with Crippen molar-refractivity contribution in [2.75, 3.05) is 5.32 Å². The molecule has 0 aromatic carbocycles. The maximum Gasteiger partial charge on any atom is 0.289 e. The number of nitrogens with one attached hydrogen (secondary N) is 1. The van der Waals surface area contributed by atoms with Gasteiger partial charge < -0.3 is 5.32 Å². The number of hydrogen-bond donors (Lipinski definition) is 1. The zero-order valence-electron chi connectivity index (χ0n) is 10.3. The van der Waals surface area contributed by atoms with Crippen LogP contribution in [0.25, 0.3) is 0 Å². The van der Waals surface area contributed by atoms with Gasteiger partial charge in [0.15, 0.2) is 0 Å². The summed E-state index contributed by atoms with van der Waals surface area (Å²) in [5, 5.41) is 14.0. The van der Waals surface area contributed by atoms with Crippen molar-refractivity contribution in [2.24, 2.45) is 0 Å². The topological polar surface area (TPSA) is 93.8 Å². The number of aryl methyl sites for hydroxylation is 1. The van der Waals surface area contributed by atoms with Gasteiger partial charge in [0.1, 0.15) is 11.3 Å². The van der Waals surface area contributed by atoms with E-state index in [4.69, 9.17) is 23.2 Å². The highest BCUT2D eigenvalue weighted by atomic mass is 35.5. The molecular formula is C11H9Cl2N5O2. The van der Waals surface area contributed by atoms with E-state index >= 15 is 0 Å². The molecule has 1 N–H and O–H groups in total. The number of halogens is 2. The predicted octanol–water partition coefficient (Wildman–Crippen LogP) is 3.01. The van der Waals surface area contributed by atoms with Gasteiger partial charge in [-0.3, -0.25) is 15.1 Å². The Hall–Kier alpha value is -1.99. The summed E-state index contributed by atoms with van der Waals surface area (Å²) in [7, 11) is 0. The third-order valence-corrected chi connectivity index (χ3v) is 3.04. The standard InChI is InChI=1S/C11H9Cl2N5O2/c1-6-9(2-8(5-14-6)18(19)20)15-3-7-4-16-11(13)17-10(7)12/h2,4-5,15H,3H2,1H3. The molecular weight excluding hydrogens is 305 g/mol. The van der Waals surface area contributed by atoms with Crippen LogP contribution in [0.1, 0.15) is 11.3 Å². The van der Waals surface area contributed by atoms with Crippen LogP contribution in [0, 0.1) is 17.0 Å². The lowest BCUT2D eigenvalue weighted by Gasteiger charge is -2.09. The minimum absolute atomic E-state index is 0.0620. The van der Waals surface area contributed by atoms with Crippen molar-refractivity contribution in [3.05, 3.63) is 50.3 Å². The molecule has 0 bridgehead atoms. The second-order valence-corrected chi connectivity index (χ2v) is 4.59. The third kappa shape index (κ3) is 3.31. The largest absolute Gasteiger partial charge is 0.379 e. The molecule has 0 amide bonds. The summed E-state index contributed by atoms with van der Waals surface area (Å²) in [4.78, 5) is 21.8. The Balaban J connectivity index is 2.18. The summed E-state index contributed by atoms with van der Waals surface area (Å²) >= 11 is 11.5. The predicted molar refractivity (Wildman–Crippen MR) is 75.0 cm³/mol. The summed E-state index contributed by atoms with van der Waals surface area (Å²) in [6.07, 6.45) is 2.70. The van der Waals surface area contributed by atoms with E-state index in [1.54, 1.807) is 6.92 Å². The number of nitro groups is 1. The minimum atomic E-state index is -0.504. The van der Waals surface area contributed by atoms with E-state index in [1.807, 2.05) is 0 Å². The first kappa shape index (κ1) is 14.4. The Morgan fingerprint density at radius 2 is 2.10 bits per heavy atom. The van der Waals surface area contributed by atoms with E-state index in [0.717, 1.165) is 0 Å². The highest BCUT2D eigenvalue weighted by Gasteiger charge is 2.11. The maximum atomic E-state index is 10.7. The van der Waals surface area contributed by atoms with Gasteiger partial charge in [-0.05, 0) is 18.5 Å². The van der Waals surface area contributed by atoms with Crippen LogP contribution in [-0.2, 0) is 6.54 Å². The van der Waals surface area contributed by atoms with Crippen LogP contribution in [0.4, 0.5) is 11.4 Å². The Morgan fingerprint density at radius 3 is 2.75 bits per heavy atom. The summed E-state index contributed by atoms with van der Waals surface area (Å²) in [5.41, 5.74) is 1.73. The molecule has 0 aliphatic carbocycles. The molecule has 0 aliphatic heterocycles. The first-order chi connectivity index (χ1) is 9.47. The van der Waals surface area contributed by atoms with Crippen molar-refractivity contribution in [2.45, 2.75) is 13.5 Å². The van der Waals surface area contributed by atoms with E-state index < -0.39 is 4.92 Å². The second kappa shape index (κ2) is 5.98. The molecule has 20 heavy (non-hydrogen) atoms. The second-order valence-electron chi connectivity index (χ2n) is 3.89. The molecule has 0 saturated carbocycles. The van der Waals surface area contributed by atoms with Gasteiger partial charge in [0, 0.05) is 24.4 Å². The average Bonchev–Trinajstić information content (AvgIpc) is 2.39. The molecule has 0 radical (unpaired) electrons. The normalized spacial score (nSPS) is 10.3. The summed E-state index contributed by atoms with van der Waals surface area (Å²) in [6, 6.07) is 1.41. The summed E-state index contributed by atoms with van der Waals surface area (Å²) in [5.74, 6) is 0. The van der Waals surface area contributed by atoms with Crippen molar-refractivity contribution in [1.29, 1.82) is 0 Å². The van der Waals surface area contributed by atoms with Crippen LogP contribution in [0.2, 0.25) is 10.4 Å². The van der Waals surface area contributed by atoms with Gasteiger partial charge in [-0.1, -0.05) is 11.6 Å². The molecule has 0 aliphatic rings. The van der Waals surface area contributed by atoms with Gasteiger partial charge in [-0.25, -0.2) is 9.97 Å². The highest BCUT2D eigenvalue weighted by molar-refractivity contribution is 6.32. The molecule has 0 unspecified atom stereocenters. The molecule has 2 aromatic rings. The van der Waals surface area contributed by atoms with Crippen LogP contribution in [-0.4, -0.2) is 19.9 Å². The lowest BCUT2D eigenvalue weighted by molar-refractivity contribution is -0.385. The molecule has 0 spiro atoms. The molecule has 2 rings (SSSR count). The first-order valence-corrected chi connectivity index (χ1v) is 6.25. The van der Waals surface area contributed by atoms with Gasteiger partial charge in [-0.15, -0.1) is 0 Å². The number of anilines is 1. The van der Waals surface area contributed by atoms with Crippen molar-refractivity contribution in [3.63, 3.8) is 0 Å². The summed E-state index contributed by atoms with van der Waals surface area (Å²) < 4.78 is 0. The molecule has 2 heterocycles.